The molecule has 0 saturated heterocycles. The number of aryl methyl sites for hydroxylation is 1. The molecule has 0 unspecified atom stereocenters. The Labute approximate surface area is 155 Å². The Bertz CT molecular complexity index is 1140. The molecule has 0 aliphatic heterocycles. The number of nitrogens with two attached hydrogens (primary N) is 1. The molecule has 4 N–H and O–H groups in total. The molecular weight excluding hydrogens is 342 g/mol. The number of nitrogens with one attached hydrogen (secondary N) is 2. The molecule has 1 aromatic carbocycles. The molecule has 3 heterocycles. The van der Waals surface area contributed by atoms with E-state index in [1.54, 1.807) is 24.1 Å². The van der Waals surface area contributed by atoms with Gasteiger partial charge in [-0.1, -0.05) is 6.07 Å². The fourth-order valence-corrected chi connectivity index (χ4v) is 2.96. The number of H-pyrrole nitrogens is 1. The standard InChI is InChI=1S/C19H19N7O/c1-21-17(27)6-11-3-4-15-16(5-11)25-19(24-15)14-7-12(8-22-18(14)20)13-9-23-26(2)10-13/h3-5,7-10H,6H2,1-2H3,(H2,20,22)(H,21,27)(H,24,25). The molecule has 0 spiro atoms. The van der Waals surface area contributed by atoms with Crippen LogP contribution in [0.15, 0.2) is 42.9 Å². The summed E-state index contributed by atoms with van der Waals surface area (Å²) in [7, 11) is 3.49. The van der Waals surface area contributed by atoms with Gasteiger partial charge in [0.25, 0.3) is 0 Å². The van der Waals surface area contributed by atoms with E-state index in [2.05, 4.69) is 25.4 Å². The van der Waals surface area contributed by atoms with Gasteiger partial charge in [-0.3, -0.25) is 9.48 Å². The molecule has 0 aliphatic rings. The summed E-state index contributed by atoms with van der Waals surface area (Å²) in [6.45, 7) is 0. The van der Waals surface area contributed by atoms with Crippen molar-refractivity contribution in [2.24, 2.45) is 7.05 Å². The normalized spacial score (nSPS) is 11.0. The summed E-state index contributed by atoms with van der Waals surface area (Å²) in [6, 6.07) is 7.66. The maximum Gasteiger partial charge on any atom is 0.224 e. The van der Waals surface area contributed by atoms with Crippen LogP contribution in [-0.2, 0) is 18.3 Å². The number of nitrogen functional groups attached to an aromatic ring is 1. The number of anilines is 1. The van der Waals surface area contributed by atoms with Gasteiger partial charge in [-0.25, -0.2) is 9.97 Å². The molecule has 4 rings (SSSR count). The lowest BCUT2D eigenvalue weighted by molar-refractivity contribution is -0.119. The Morgan fingerprint density at radius 2 is 2.11 bits per heavy atom. The smallest absolute Gasteiger partial charge is 0.224 e. The Hall–Kier alpha value is -3.68. The van der Waals surface area contributed by atoms with Gasteiger partial charge in [0.1, 0.15) is 11.6 Å². The molecule has 0 aliphatic carbocycles. The number of likely N-dealkylation sites (N-methyl/N-ethyl adjacent to an activating group) is 1. The van der Waals surface area contributed by atoms with Crippen LogP contribution in [0.4, 0.5) is 5.82 Å². The predicted molar refractivity (Wildman–Crippen MR) is 104 cm³/mol. The van der Waals surface area contributed by atoms with Gasteiger partial charge in [-0.2, -0.15) is 5.10 Å². The SMILES string of the molecule is CNC(=O)Cc1ccc2nc(-c3cc(-c4cnn(C)c4)cnc3N)[nH]c2c1. The molecule has 0 bridgehead atoms. The van der Waals surface area contributed by atoms with Crippen LogP contribution in [0.2, 0.25) is 0 Å². The average Bonchev–Trinajstić information content (AvgIpc) is 3.27. The minimum atomic E-state index is -0.0355. The zero-order chi connectivity index (χ0) is 19.0. The van der Waals surface area contributed by atoms with Gasteiger partial charge in [0.05, 0.1) is 29.2 Å². The van der Waals surface area contributed by atoms with Crippen molar-refractivity contribution in [2.75, 3.05) is 12.8 Å². The summed E-state index contributed by atoms with van der Waals surface area (Å²) in [6.07, 6.45) is 5.74. The maximum atomic E-state index is 11.6. The fraction of sp³-hybridized carbons (Fsp3) is 0.158. The summed E-state index contributed by atoms with van der Waals surface area (Å²) >= 11 is 0. The molecule has 27 heavy (non-hydrogen) atoms. The van der Waals surface area contributed by atoms with Gasteiger partial charge in [0.2, 0.25) is 5.91 Å². The molecule has 0 fully saturated rings. The number of carbonyl (C=O) groups is 1. The molecule has 1 amide bonds. The number of carbonyl (C=O) groups excluding carboxylic acids is 1. The van der Waals surface area contributed by atoms with E-state index >= 15 is 0 Å². The zero-order valence-corrected chi connectivity index (χ0v) is 15.0. The van der Waals surface area contributed by atoms with E-state index in [1.165, 1.54) is 0 Å². The Morgan fingerprint density at radius 1 is 1.26 bits per heavy atom. The van der Waals surface area contributed by atoms with Gasteiger partial charge < -0.3 is 16.0 Å². The molecule has 4 aromatic rings. The number of aromatic amines is 1. The number of benzene rings is 1. The lowest BCUT2D eigenvalue weighted by Crippen LogP contribution is -2.19. The van der Waals surface area contributed by atoms with E-state index < -0.39 is 0 Å². The van der Waals surface area contributed by atoms with Crippen LogP contribution < -0.4 is 11.1 Å². The summed E-state index contributed by atoms with van der Waals surface area (Å²) < 4.78 is 1.74. The number of imidazole rings is 1. The molecule has 8 nitrogen and oxygen atoms in total. The van der Waals surface area contributed by atoms with Crippen molar-refractivity contribution in [1.29, 1.82) is 0 Å². The van der Waals surface area contributed by atoms with E-state index in [0.717, 1.165) is 33.3 Å². The molecule has 0 saturated carbocycles. The minimum Gasteiger partial charge on any atom is -0.383 e. The number of rotatable bonds is 4. The quantitative estimate of drug-likeness (QED) is 0.513. The van der Waals surface area contributed by atoms with E-state index in [4.69, 9.17) is 5.73 Å². The van der Waals surface area contributed by atoms with Crippen molar-refractivity contribution in [2.45, 2.75) is 6.42 Å². The van der Waals surface area contributed by atoms with Gasteiger partial charge in [-0.15, -0.1) is 0 Å². The van der Waals surface area contributed by atoms with Crippen LogP contribution in [0.1, 0.15) is 5.56 Å². The zero-order valence-electron chi connectivity index (χ0n) is 15.0. The number of amides is 1. The highest BCUT2D eigenvalue weighted by Crippen LogP contribution is 2.29. The minimum absolute atomic E-state index is 0.0355. The second-order valence-electron chi connectivity index (χ2n) is 6.35. The molecule has 136 valence electrons. The Balaban J connectivity index is 1.74. The second-order valence-corrected chi connectivity index (χ2v) is 6.35. The Kier molecular flexibility index (Phi) is 4.08. The molecule has 3 aromatic heterocycles. The van der Waals surface area contributed by atoms with Crippen molar-refractivity contribution >= 4 is 22.8 Å². The first-order valence-electron chi connectivity index (χ1n) is 8.47. The average molecular weight is 361 g/mol. The van der Waals surface area contributed by atoms with Crippen LogP contribution in [-0.4, -0.2) is 37.7 Å². The van der Waals surface area contributed by atoms with E-state index in [-0.39, 0.29) is 5.91 Å². The summed E-state index contributed by atoms with van der Waals surface area (Å²) in [4.78, 5) is 23.8. The molecule has 0 atom stereocenters. The predicted octanol–water partition coefficient (Wildman–Crippen LogP) is 1.90. The fourth-order valence-electron chi connectivity index (χ4n) is 2.96. The van der Waals surface area contributed by atoms with Crippen LogP contribution in [0.25, 0.3) is 33.5 Å². The van der Waals surface area contributed by atoms with Gasteiger partial charge in [-0.05, 0) is 23.8 Å². The number of hydrogen-bond acceptors (Lipinski definition) is 5. The number of pyridine rings is 1. The third kappa shape index (κ3) is 3.24. The number of hydrogen-bond donors (Lipinski definition) is 3. The van der Waals surface area contributed by atoms with Crippen molar-refractivity contribution in [3.05, 3.63) is 48.4 Å². The molecule has 0 radical (unpaired) electrons. The highest BCUT2D eigenvalue weighted by molar-refractivity contribution is 5.85. The van der Waals surface area contributed by atoms with Gasteiger partial charge >= 0.3 is 0 Å². The summed E-state index contributed by atoms with van der Waals surface area (Å²) in [5.41, 5.74) is 11.2. The van der Waals surface area contributed by atoms with Crippen LogP contribution in [0.3, 0.4) is 0 Å². The van der Waals surface area contributed by atoms with Crippen molar-refractivity contribution in [3.8, 4) is 22.5 Å². The number of nitrogens with zero attached hydrogens (tertiary/aromatic N) is 4. The largest absolute Gasteiger partial charge is 0.383 e. The maximum absolute atomic E-state index is 11.6. The lowest BCUT2D eigenvalue weighted by atomic mass is 10.1. The molecule has 8 heteroatoms. The van der Waals surface area contributed by atoms with E-state index in [0.29, 0.717) is 18.1 Å². The first-order valence-corrected chi connectivity index (χ1v) is 8.47. The first kappa shape index (κ1) is 16.8. The first-order chi connectivity index (χ1) is 13.0. The van der Waals surface area contributed by atoms with E-state index in [9.17, 15) is 4.79 Å². The highest BCUT2D eigenvalue weighted by atomic mass is 16.1. The third-order valence-corrected chi connectivity index (χ3v) is 4.40. The van der Waals surface area contributed by atoms with Gasteiger partial charge in [0, 0.05) is 37.6 Å². The van der Waals surface area contributed by atoms with Gasteiger partial charge in [0.15, 0.2) is 0 Å². The second kappa shape index (κ2) is 6.56. The van der Waals surface area contributed by atoms with Crippen LogP contribution in [0, 0.1) is 0 Å². The van der Waals surface area contributed by atoms with Crippen LogP contribution >= 0.6 is 0 Å². The molecular formula is C19H19N7O. The Morgan fingerprint density at radius 3 is 2.85 bits per heavy atom. The van der Waals surface area contributed by atoms with Crippen molar-refractivity contribution in [1.82, 2.24) is 30.0 Å². The summed E-state index contributed by atoms with van der Waals surface area (Å²) in [5, 5.41) is 6.82. The van der Waals surface area contributed by atoms with Crippen molar-refractivity contribution < 1.29 is 4.79 Å². The monoisotopic (exact) mass is 361 g/mol. The van der Waals surface area contributed by atoms with Crippen molar-refractivity contribution in [3.63, 3.8) is 0 Å². The topological polar surface area (TPSA) is 115 Å². The summed E-state index contributed by atoms with van der Waals surface area (Å²) in [5.74, 6) is 0.997. The highest BCUT2D eigenvalue weighted by Gasteiger charge is 2.13. The van der Waals surface area contributed by atoms with Crippen LogP contribution in [0.5, 0.6) is 0 Å². The third-order valence-electron chi connectivity index (χ3n) is 4.40. The lowest BCUT2D eigenvalue weighted by Gasteiger charge is -2.04. The number of fused-ring (bicyclic) bond motifs is 1. The number of aromatic nitrogens is 5. The van der Waals surface area contributed by atoms with E-state index in [1.807, 2.05) is 37.5 Å².